The van der Waals surface area contributed by atoms with Crippen LogP contribution >= 0.6 is 12.4 Å². The molecule has 0 saturated heterocycles. The summed E-state index contributed by atoms with van der Waals surface area (Å²) in [5, 5.41) is 0. The van der Waals surface area contributed by atoms with E-state index < -0.39 is 5.54 Å². The fourth-order valence-electron chi connectivity index (χ4n) is 3.26. The van der Waals surface area contributed by atoms with Gasteiger partial charge in [0, 0.05) is 13.1 Å². The molecule has 1 aromatic carbocycles. The molecule has 2 N–H and O–H groups in total. The van der Waals surface area contributed by atoms with Gasteiger partial charge in [-0.1, -0.05) is 13.3 Å². The SMILES string of the molecule is CCCC(C)(N)C(=O)N1CCc2cc(OCC)c(OCC)cc2C1.Cl. The molecule has 25 heavy (non-hydrogen) atoms. The van der Waals surface area contributed by atoms with E-state index in [4.69, 9.17) is 15.2 Å². The van der Waals surface area contributed by atoms with Gasteiger partial charge in [-0.25, -0.2) is 0 Å². The Labute approximate surface area is 157 Å². The van der Waals surface area contributed by atoms with Crippen molar-refractivity contribution in [3.8, 4) is 11.5 Å². The first-order valence-electron chi connectivity index (χ1n) is 8.92. The Morgan fingerprint density at radius 1 is 1.16 bits per heavy atom. The van der Waals surface area contributed by atoms with Crippen LogP contribution in [0.2, 0.25) is 0 Å². The first-order valence-corrected chi connectivity index (χ1v) is 8.92. The van der Waals surface area contributed by atoms with Crippen LogP contribution in [0, 0.1) is 0 Å². The van der Waals surface area contributed by atoms with Gasteiger partial charge in [0.2, 0.25) is 5.91 Å². The van der Waals surface area contributed by atoms with Crippen molar-refractivity contribution in [3.05, 3.63) is 23.3 Å². The highest BCUT2D eigenvalue weighted by molar-refractivity contribution is 5.86. The van der Waals surface area contributed by atoms with Gasteiger partial charge in [0.1, 0.15) is 0 Å². The van der Waals surface area contributed by atoms with Crippen LogP contribution in [0.1, 0.15) is 51.7 Å². The largest absolute Gasteiger partial charge is 0.490 e. The standard InChI is InChI=1S/C19H30N2O3.ClH/c1-5-9-19(4,20)18(22)21-10-8-14-11-16(23-6-2)17(24-7-3)12-15(14)13-21;/h11-12H,5-10,13,20H2,1-4H3;1H. The first kappa shape index (κ1) is 21.6. The van der Waals surface area contributed by atoms with Gasteiger partial charge in [-0.3, -0.25) is 4.79 Å². The summed E-state index contributed by atoms with van der Waals surface area (Å²) in [6.45, 7) is 10.3. The van der Waals surface area contributed by atoms with Crippen molar-refractivity contribution in [2.45, 2.75) is 59.0 Å². The number of benzene rings is 1. The minimum atomic E-state index is -0.791. The fourth-order valence-corrected chi connectivity index (χ4v) is 3.26. The number of ether oxygens (including phenoxy) is 2. The van der Waals surface area contributed by atoms with E-state index >= 15 is 0 Å². The van der Waals surface area contributed by atoms with E-state index in [1.165, 1.54) is 5.56 Å². The summed E-state index contributed by atoms with van der Waals surface area (Å²) in [6, 6.07) is 4.07. The predicted molar refractivity (Wildman–Crippen MR) is 103 cm³/mol. The molecule has 1 heterocycles. The van der Waals surface area contributed by atoms with Crippen molar-refractivity contribution in [1.29, 1.82) is 0 Å². The summed E-state index contributed by atoms with van der Waals surface area (Å²) in [5.74, 6) is 1.56. The lowest BCUT2D eigenvalue weighted by Gasteiger charge is -2.35. The molecule has 2 rings (SSSR count). The maximum Gasteiger partial charge on any atom is 0.242 e. The van der Waals surface area contributed by atoms with E-state index in [0.29, 0.717) is 32.7 Å². The molecule has 1 aliphatic heterocycles. The highest BCUT2D eigenvalue weighted by atomic mass is 35.5. The minimum Gasteiger partial charge on any atom is -0.490 e. The van der Waals surface area contributed by atoms with E-state index in [-0.39, 0.29) is 18.3 Å². The summed E-state index contributed by atoms with van der Waals surface area (Å²) < 4.78 is 11.4. The third-order valence-corrected chi connectivity index (χ3v) is 4.42. The van der Waals surface area contributed by atoms with Crippen LogP contribution in [0.5, 0.6) is 11.5 Å². The Hall–Kier alpha value is -1.46. The second kappa shape index (κ2) is 9.30. The molecule has 0 fully saturated rings. The Kier molecular flexibility index (Phi) is 8.03. The minimum absolute atomic E-state index is 0. The summed E-state index contributed by atoms with van der Waals surface area (Å²) in [6.07, 6.45) is 2.41. The number of nitrogens with zero attached hydrogens (tertiary/aromatic N) is 1. The smallest absolute Gasteiger partial charge is 0.242 e. The van der Waals surface area contributed by atoms with Crippen molar-refractivity contribution in [3.63, 3.8) is 0 Å². The molecule has 1 atom stereocenters. The number of amides is 1. The lowest BCUT2D eigenvalue weighted by molar-refractivity contribution is -0.137. The molecule has 142 valence electrons. The van der Waals surface area contributed by atoms with Gasteiger partial charge in [0.05, 0.1) is 18.8 Å². The summed E-state index contributed by atoms with van der Waals surface area (Å²) in [4.78, 5) is 14.6. The molecule has 1 aliphatic rings. The van der Waals surface area contributed by atoms with Gasteiger partial charge >= 0.3 is 0 Å². The predicted octanol–water partition coefficient (Wildman–Crippen LogP) is 3.31. The number of halogens is 1. The van der Waals surface area contributed by atoms with E-state index in [1.54, 1.807) is 0 Å². The quantitative estimate of drug-likeness (QED) is 0.799. The third kappa shape index (κ3) is 5.02. The van der Waals surface area contributed by atoms with Crippen LogP contribution in [-0.2, 0) is 17.8 Å². The molecule has 6 heteroatoms. The second-order valence-corrected chi connectivity index (χ2v) is 6.58. The van der Waals surface area contributed by atoms with Crippen LogP contribution in [0.15, 0.2) is 12.1 Å². The van der Waals surface area contributed by atoms with E-state index in [0.717, 1.165) is 29.9 Å². The maximum atomic E-state index is 12.7. The Morgan fingerprint density at radius 2 is 1.72 bits per heavy atom. The van der Waals surface area contributed by atoms with Gasteiger partial charge in [-0.15, -0.1) is 12.4 Å². The lowest BCUT2D eigenvalue weighted by Crippen LogP contribution is -2.54. The van der Waals surface area contributed by atoms with Crippen molar-refractivity contribution >= 4 is 18.3 Å². The maximum absolute atomic E-state index is 12.7. The number of hydrogen-bond donors (Lipinski definition) is 1. The molecule has 0 spiro atoms. The molecular formula is C19H31ClN2O3. The average molecular weight is 371 g/mol. The van der Waals surface area contributed by atoms with E-state index in [9.17, 15) is 4.79 Å². The van der Waals surface area contributed by atoms with Crippen LogP contribution in [0.25, 0.3) is 0 Å². The van der Waals surface area contributed by atoms with Crippen LogP contribution in [-0.4, -0.2) is 36.1 Å². The highest BCUT2D eigenvalue weighted by Crippen LogP contribution is 2.34. The summed E-state index contributed by atoms with van der Waals surface area (Å²) in [7, 11) is 0. The van der Waals surface area contributed by atoms with Crippen molar-refractivity contribution in [1.82, 2.24) is 4.90 Å². The van der Waals surface area contributed by atoms with Crippen LogP contribution < -0.4 is 15.2 Å². The Balaban J connectivity index is 0.00000312. The van der Waals surface area contributed by atoms with Crippen molar-refractivity contribution in [2.24, 2.45) is 5.73 Å². The average Bonchev–Trinajstić information content (AvgIpc) is 2.54. The molecule has 1 aromatic rings. The van der Waals surface area contributed by atoms with Gasteiger partial charge in [-0.2, -0.15) is 0 Å². The third-order valence-electron chi connectivity index (χ3n) is 4.42. The number of carbonyl (C=O) groups excluding carboxylic acids is 1. The summed E-state index contributed by atoms with van der Waals surface area (Å²) in [5.41, 5.74) is 7.78. The van der Waals surface area contributed by atoms with Crippen molar-refractivity contribution in [2.75, 3.05) is 19.8 Å². The zero-order valence-electron chi connectivity index (χ0n) is 15.8. The molecule has 0 bridgehead atoms. The lowest BCUT2D eigenvalue weighted by atomic mass is 9.92. The zero-order chi connectivity index (χ0) is 17.7. The van der Waals surface area contributed by atoms with Gasteiger partial charge in [0.25, 0.3) is 0 Å². The van der Waals surface area contributed by atoms with Gasteiger partial charge in [0.15, 0.2) is 11.5 Å². The highest BCUT2D eigenvalue weighted by Gasteiger charge is 2.33. The molecule has 0 radical (unpaired) electrons. The summed E-state index contributed by atoms with van der Waals surface area (Å²) >= 11 is 0. The van der Waals surface area contributed by atoms with Crippen LogP contribution in [0.4, 0.5) is 0 Å². The number of fused-ring (bicyclic) bond motifs is 1. The van der Waals surface area contributed by atoms with Gasteiger partial charge < -0.3 is 20.1 Å². The topological polar surface area (TPSA) is 64.8 Å². The Bertz CT molecular complexity index is 590. The number of carbonyl (C=O) groups is 1. The molecule has 0 saturated carbocycles. The molecule has 1 unspecified atom stereocenters. The molecule has 0 aliphatic carbocycles. The number of nitrogens with two attached hydrogens (primary N) is 1. The van der Waals surface area contributed by atoms with Crippen molar-refractivity contribution < 1.29 is 14.3 Å². The first-order chi connectivity index (χ1) is 11.4. The monoisotopic (exact) mass is 370 g/mol. The molecule has 0 aromatic heterocycles. The van der Waals surface area contributed by atoms with Gasteiger partial charge in [-0.05, 0) is 56.9 Å². The normalized spacial score (nSPS) is 15.6. The van der Waals surface area contributed by atoms with E-state index in [1.807, 2.05) is 38.7 Å². The fraction of sp³-hybridized carbons (Fsp3) is 0.632. The second-order valence-electron chi connectivity index (χ2n) is 6.58. The number of rotatable bonds is 7. The molecule has 1 amide bonds. The zero-order valence-corrected chi connectivity index (χ0v) is 16.6. The molecular weight excluding hydrogens is 340 g/mol. The van der Waals surface area contributed by atoms with Crippen LogP contribution in [0.3, 0.4) is 0 Å². The number of hydrogen-bond acceptors (Lipinski definition) is 4. The van der Waals surface area contributed by atoms with E-state index in [2.05, 4.69) is 6.07 Å². The molecule has 5 nitrogen and oxygen atoms in total. The Morgan fingerprint density at radius 3 is 2.24 bits per heavy atom.